The highest BCUT2D eigenvalue weighted by molar-refractivity contribution is 6.24. The summed E-state index contributed by atoms with van der Waals surface area (Å²) < 4.78 is 276. The molecule has 1 aromatic heterocycles. The second-order valence-corrected chi connectivity index (χ2v) is 10.5. The van der Waals surface area contributed by atoms with Crippen LogP contribution in [-0.4, -0.2) is 0 Å². The smallest absolute Gasteiger partial charge is 0.143 e. The predicted octanol–water partition coefficient (Wildman–Crippen LogP) is 13.7. The summed E-state index contributed by atoms with van der Waals surface area (Å²) in [7, 11) is 0. The van der Waals surface area contributed by atoms with E-state index in [1.165, 1.54) is 0 Å². The first kappa shape index (κ1) is 11.1. The zero-order valence-corrected chi connectivity index (χ0v) is 24.4. The lowest BCUT2D eigenvalue weighted by molar-refractivity contribution is 0.670. The van der Waals surface area contributed by atoms with Gasteiger partial charge in [0.1, 0.15) is 11.2 Å². The molecule has 0 bridgehead atoms. The van der Waals surface area contributed by atoms with Crippen LogP contribution in [0.15, 0.2) is 186 Å². The first-order valence-corrected chi connectivity index (χ1v) is 14.4. The van der Waals surface area contributed by atoms with E-state index >= 15 is 0 Å². The predicted molar refractivity (Wildman–Crippen MR) is 208 cm³/mol. The number of para-hydroxylation sites is 1. The van der Waals surface area contributed by atoms with Crippen LogP contribution in [0.4, 0.5) is 0 Å². The maximum absolute atomic E-state index is 9.89. The van der Waals surface area contributed by atoms with Crippen LogP contribution in [0.5, 0.6) is 0 Å². The normalized spacial score (nSPS) is 20.2. The highest BCUT2D eigenvalue weighted by Gasteiger charge is 2.20. The van der Waals surface area contributed by atoms with E-state index < -0.39 is 280 Å². The zero-order chi connectivity index (χ0) is 58.4. The molecular formula is C48H30O. The summed E-state index contributed by atoms with van der Waals surface area (Å²) >= 11 is 0. The van der Waals surface area contributed by atoms with E-state index in [0.717, 1.165) is 0 Å². The molecule has 10 rings (SSSR count). The van der Waals surface area contributed by atoms with Crippen LogP contribution >= 0.6 is 0 Å². The molecule has 9 aromatic carbocycles. The Kier molecular flexibility index (Phi) is 2.50. The molecule has 0 fully saturated rings. The molecule has 1 heterocycles. The molecule has 10 aromatic rings. The fourth-order valence-corrected chi connectivity index (χ4v) is 5.81. The molecule has 0 unspecified atom stereocenters. The van der Waals surface area contributed by atoms with E-state index in [4.69, 9.17) is 31.8 Å². The molecule has 0 aliphatic carbocycles. The zero-order valence-electron chi connectivity index (χ0n) is 54.4. The molecule has 49 heavy (non-hydrogen) atoms. The number of furan rings is 1. The summed E-state index contributed by atoms with van der Waals surface area (Å²) in [6.07, 6.45) is 0. The highest BCUT2D eigenvalue weighted by Crippen LogP contribution is 2.47. The summed E-state index contributed by atoms with van der Waals surface area (Å²) in [4.78, 5) is 0. The van der Waals surface area contributed by atoms with Gasteiger partial charge in [0, 0.05) is 21.9 Å². The number of hydrogen-bond acceptors (Lipinski definition) is 1. The van der Waals surface area contributed by atoms with Crippen molar-refractivity contribution >= 4 is 54.3 Å². The van der Waals surface area contributed by atoms with Crippen molar-refractivity contribution in [3.05, 3.63) is 181 Å². The number of hydrogen-bond donors (Lipinski definition) is 0. The van der Waals surface area contributed by atoms with Crippen molar-refractivity contribution in [2.45, 2.75) is 0 Å². The summed E-state index contributed by atoms with van der Waals surface area (Å²) in [6.45, 7) is 0. The lowest BCUT2D eigenvalue weighted by Gasteiger charge is -2.18. The van der Waals surface area contributed by atoms with Crippen molar-refractivity contribution in [1.82, 2.24) is 0 Å². The van der Waals surface area contributed by atoms with Gasteiger partial charge in [-0.1, -0.05) is 163 Å². The van der Waals surface area contributed by atoms with Gasteiger partial charge >= 0.3 is 0 Å². The van der Waals surface area contributed by atoms with Crippen LogP contribution in [0.1, 0.15) is 41.1 Å². The Hall–Kier alpha value is -6.44. The van der Waals surface area contributed by atoms with E-state index in [2.05, 4.69) is 0 Å². The van der Waals surface area contributed by atoms with E-state index in [1.54, 1.807) is 0 Å². The monoisotopic (exact) mass is 652 g/mol. The Labute approximate surface area is 326 Å². The van der Waals surface area contributed by atoms with Gasteiger partial charge in [-0.25, -0.2) is 0 Å². The lowest BCUT2D eigenvalue weighted by atomic mass is 9.85. The number of benzene rings is 9. The Morgan fingerprint density at radius 3 is 1.65 bits per heavy atom. The van der Waals surface area contributed by atoms with Gasteiger partial charge in [0.05, 0.1) is 41.1 Å². The van der Waals surface area contributed by atoms with Crippen LogP contribution < -0.4 is 0 Å². The fraction of sp³-hybridized carbons (Fsp3) is 0. The Bertz CT molecular complexity index is 4480. The molecular weight excluding hydrogens is 593 g/mol. The van der Waals surface area contributed by atoms with Crippen molar-refractivity contribution < 1.29 is 45.5 Å². The molecule has 228 valence electrons. The molecule has 0 aliphatic heterocycles. The highest BCUT2D eigenvalue weighted by atomic mass is 16.3. The molecule has 0 spiro atoms. The average Bonchev–Trinajstić information content (AvgIpc) is 4.08. The largest absolute Gasteiger partial charge is 0.455 e. The first-order chi connectivity index (χ1) is 36.8. The summed E-state index contributed by atoms with van der Waals surface area (Å²) in [5.74, 6) is 0. The molecule has 0 saturated carbocycles. The van der Waals surface area contributed by atoms with Crippen molar-refractivity contribution in [2.24, 2.45) is 0 Å². The second-order valence-electron chi connectivity index (χ2n) is 10.5. The van der Waals surface area contributed by atoms with Gasteiger partial charge in [0.15, 0.2) is 0 Å². The van der Waals surface area contributed by atoms with Gasteiger partial charge < -0.3 is 4.42 Å². The van der Waals surface area contributed by atoms with Crippen LogP contribution in [0.3, 0.4) is 0 Å². The number of fused-ring (bicyclic) bond motifs is 6. The Balaban J connectivity index is 1.49. The van der Waals surface area contributed by atoms with Crippen molar-refractivity contribution in [3.8, 4) is 44.5 Å². The summed E-state index contributed by atoms with van der Waals surface area (Å²) in [6, 6.07) is -29.1. The molecule has 0 amide bonds. The quantitative estimate of drug-likeness (QED) is 0.172. The third kappa shape index (κ3) is 4.40. The first-order valence-electron chi connectivity index (χ1n) is 29.4. The molecule has 1 heteroatoms. The van der Waals surface area contributed by atoms with Gasteiger partial charge in [-0.05, 0) is 83.8 Å². The van der Waals surface area contributed by atoms with Gasteiger partial charge in [-0.2, -0.15) is 0 Å². The fourth-order valence-electron chi connectivity index (χ4n) is 5.81. The lowest BCUT2D eigenvalue weighted by Crippen LogP contribution is -1.91. The minimum atomic E-state index is -1.11. The second kappa shape index (κ2) is 11.1. The van der Waals surface area contributed by atoms with Crippen LogP contribution in [0, 0.1) is 0 Å². The third-order valence-corrected chi connectivity index (χ3v) is 7.87. The van der Waals surface area contributed by atoms with Gasteiger partial charge in [0.2, 0.25) is 0 Å². The van der Waals surface area contributed by atoms with Crippen molar-refractivity contribution in [2.75, 3.05) is 0 Å². The van der Waals surface area contributed by atoms with Crippen LogP contribution in [0.25, 0.3) is 98.8 Å². The van der Waals surface area contributed by atoms with Gasteiger partial charge in [-0.3, -0.25) is 0 Å². The maximum Gasteiger partial charge on any atom is 0.143 e. The van der Waals surface area contributed by atoms with Crippen LogP contribution in [-0.2, 0) is 0 Å². The molecule has 0 atom stereocenters. The third-order valence-electron chi connectivity index (χ3n) is 7.87. The molecule has 0 saturated heterocycles. The summed E-state index contributed by atoms with van der Waals surface area (Å²) in [5.41, 5.74) is -7.84. The average molecular weight is 653 g/mol. The van der Waals surface area contributed by atoms with Crippen molar-refractivity contribution in [1.29, 1.82) is 0 Å². The molecule has 1 nitrogen and oxygen atoms in total. The number of rotatable bonds is 4. The standard InChI is InChI=1S/C48H30O/c1-2-13-31(14-3-1)33-27-28-38-43-25-12-26-44(48(43)49-45(38)30-33)47-41-22-8-6-20-39(41)46(40-21-7-9-23-42(40)47)35-18-10-17-34(29-35)37-24-11-16-32-15-4-5-19-36(32)37/h1-30H/i1D,2D,3D,4D,5D,6D,7D,8D,9D,10D,11D,12D,13D,14D,15D,16D,17D,18D,19D,20D,21D,22D,23D,24D,25D,26D,27D,28D,29D,30D. The van der Waals surface area contributed by atoms with E-state index in [1.807, 2.05) is 0 Å². The minimum Gasteiger partial charge on any atom is -0.455 e. The van der Waals surface area contributed by atoms with E-state index in [9.17, 15) is 13.7 Å². The summed E-state index contributed by atoms with van der Waals surface area (Å²) in [5, 5.41) is -5.68. The maximum atomic E-state index is 9.89. The van der Waals surface area contributed by atoms with E-state index in [-0.39, 0.29) is 0 Å². The Morgan fingerprint density at radius 1 is 0.327 bits per heavy atom. The van der Waals surface area contributed by atoms with Crippen LogP contribution in [0.2, 0.25) is 0 Å². The van der Waals surface area contributed by atoms with Crippen molar-refractivity contribution in [3.63, 3.8) is 0 Å². The SMILES string of the molecule is [2H]c1c([2H])c([2H])c(-c2c([2H])c([2H])c3c(oc4c(-c5c6c([2H])c([2H])c([2H])c([2H])c6c(-c6c([2H])c([2H])c([2H])c(-c7c([2H])c([2H])c([2H])c8c([2H])c([2H])c([2H])c([2H])c78)c6[2H])c6c([2H])c([2H])c([2H])c([2H])c56)c([2H])c([2H])c([2H])c43)c2[2H])c([2H])c1[2H]. The van der Waals surface area contributed by atoms with E-state index in [0.29, 0.717) is 0 Å². The van der Waals surface area contributed by atoms with Gasteiger partial charge in [0.25, 0.3) is 0 Å². The topological polar surface area (TPSA) is 13.1 Å². The molecule has 0 radical (unpaired) electrons. The molecule has 0 aliphatic rings. The molecule has 0 N–H and O–H groups in total. The minimum absolute atomic E-state index is 0.570. The van der Waals surface area contributed by atoms with Gasteiger partial charge in [-0.15, -0.1) is 0 Å². The Morgan fingerprint density at radius 2 is 0.878 bits per heavy atom.